The fourth-order valence-electron chi connectivity index (χ4n) is 5.04. The summed E-state index contributed by atoms with van der Waals surface area (Å²) in [7, 11) is 0. The molecule has 0 saturated carbocycles. The minimum atomic E-state index is -0.740. The fraction of sp³-hybridized carbons (Fsp3) is 0.458. The molecule has 3 aromatic rings. The molecule has 12 heteroatoms. The molecule has 3 aliphatic heterocycles. The van der Waals surface area contributed by atoms with E-state index in [0.717, 1.165) is 5.75 Å². The number of hydrogen-bond acceptors (Lipinski definition) is 10. The number of fused-ring (bicyclic) bond motifs is 3. The Morgan fingerprint density at radius 3 is 2.53 bits per heavy atom. The van der Waals surface area contributed by atoms with Crippen molar-refractivity contribution in [3.63, 3.8) is 0 Å². The van der Waals surface area contributed by atoms with Crippen molar-refractivity contribution in [1.82, 2.24) is 24.4 Å². The van der Waals surface area contributed by atoms with E-state index < -0.39 is 12.0 Å². The second kappa shape index (κ2) is 8.80. The highest BCUT2D eigenvalue weighted by atomic mass is 32.2. The highest BCUT2D eigenvalue weighted by Crippen LogP contribution is 2.44. The molecule has 4 atom stereocenters. The van der Waals surface area contributed by atoms with E-state index in [0.29, 0.717) is 46.8 Å². The summed E-state index contributed by atoms with van der Waals surface area (Å²) in [6, 6.07) is 6.94. The van der Waals surface area contributed by atoms with Gasteiger partial charge in [0.2, 0.25) is 0 Å². The highest BCUT2D eigenvalue weighted by Gasteiger charge is 2.56. The Bertz CT molecular complexity index is 1310. The van der Waals surface area contributed by atoms with Gasteiger partial charge in [-0.2, -0.15) is 11.8 Å². The molecule has 0 unspecified atom stereocenters. The number of benzene rings is 1. The zero-order valence-corrected chi connectivity index (χ0v) is 20.7. The van der Waals surface area contributed by atoms with Gasteiger partial charge < -0.3 is 19.9 Å². The number of hydrogen-bond donors (Lipinski definition) is 1. The Labute approximate surface area is 211 Å². The maximum absolute atomic E-state index is 12.6. The number of imide groups is 1. The number of carbonyl (C=O) groups excluding carboxylic acids is 2. The molecule has 2 fully saturated rings. The molecule has 36 heavy (non-hydrogen) atoms. The number of nitrogens with zero attached hydrogens (tertiary/aromatic N) is 5. The third-order valence-corrected chi connectivity index (χ3v) is 7.76. The Hall–Kier alpha value is -3.06. The average Bonchev–Trinajstić information content (AvgIpc) is 3.57. The largest absolute Gasteiger partial charge is 0.382 e. The smallest absolute Gasteiger partial charge is 0.261 e. The molecule has 0 bridgehead atoms. The van der Waals surface area contributed by atoms with E-state index in [-0.39, 0.29) is 30.1 Å². The summed E-state index contributed by atoms with van der Waals surface area (Å²) in [5.74, 6) is 0.556. The van der Waals surface area contributed by atoms with Crippen molar-refractivity contribution in [3.05, 3.63) is 48.0 Å². The predicted octanol–water partition coefficient (Wildman–Crippen LogP) is 2.25. The molecule has 2 N–H and O–H groups in total. The normalized spacial score (nSPS) is 26.7. The van der Waals surface area contributed by atoms with Crippen LogP contribution in [0.25, 0.3) is 11.2 Å². The van der Waals surface area contributed by atoms with Crippen molar-refractivity contribution in [2.75, 3.05) is 23.8 Å². The van der Waals surface area contributed by atoms with Crippen LogP contribution in [0.2, 0.25) is 0 Å². The van der Waals surface area contributed by atoms with Crippen LogP contribution >= 0.6 is 11.8 Å². The Balaban J connectivity index is 1.09. The molecule has 2 aromatic heterocycles. The van der Waals surface area contributed by atoms with Crippen LogP contribution in [0.4, 0.5) is 5.82 Å². The molecule has 5 heterocycles. The lowest BCUT2D eigenvalue weighted by Gasteiger charge is -2.24. The molecule has 0 radical (unpaired) electrons. The van der Waals surface area contributed by atoms with Crippen molar-refractivity contribution in [3.8, 4) is 0 Å². The van der Waals surface area contributed by atoms with Crippen LogP contribution in [-0.2, 0) is 14.2 Å². The van der Waals surface area contributed by atoms with Gasteiger partial charge in [0.05, 0.1) is 23.6 Å². The van der Waals surface area contributed by atoms with Crippen LogP contribution in [0.3, 0.4) is 0 Å². The molecule has 0 spiro atoms. The van der Waals surface area contributed by atoms with Crippen molar-refractivity contribution in [2.24, 2.45) is 0 Å². The Morgan fingerprint density at radius 2 is 1.78 bits per heavy atom. The molecule has 2 amide bonds. The maximum atomic E-state index is 12.6. The molecular weight excluding hydrogens is 484 g/mol. The first-order valence-electron chi connectivity index (χ1n) is 11.8. The van der Waals surface area contributed by atoms with Gasteiger partial charge in [0.1, 0.15) is 24.1 Å². The van der Waals surface area contributed by atoms with Crippen LogP contribution in [0.1, 0.15) is 47.2 Å². The second-order valence-corrected chi connectivity index (χ2v) is 10.6. The van der Waals surface area contributed by atoms with Crippen molar-refractivity contribution in [2.45, 2.75) is 50.6 Å². The van der Waals surface area contributed by atoms with Gasteiger partial charge in [-0.05, 0) is 38.2 Å². The number of aromatic nitrogens is 4. The van der Waals surface area contributed by atoms with Crippen LogP contribution < -0.4 is 5.73 Å². The lowest BCUT2D eigenvalue weighted by atomic mass is 10.1. The summed E-state index contributed by atoms with van der Waals surface area (Å²) in [6.45, 7) is 4.16. The number of carbonyl (C=O) groups is 2. The molecule has 2 saturated heterocycles. The molecular formula is C24H26N6O5S. The number of amides is 2. The first kappa shape index (κ1) is 23.3. The number of nitrogens with two attached hydrogens (primary N) is 1. The third kappa shape index (κ3) is 3.84. The van der Waals surface area contributed by atoms with Gasteiger partial charge >= 0.3 is 0 Å². The first-order chi connectivity index (χ1) is 17.3. The number of ether oxygens (including phenoxy) is 3. The van der Waals surface area contributed by atoms with E-state index in [1.54, 1.807) is 42.4 Å². The summed E-state index contributed by atoms with van der Waals surface area (Å²) in [4.78, 5) is 39.1. The summed E-state index contributed by atoms with van der Waals surface area (Å²) in [5, 5.41) is 0. The monoisotopic (exact) mass is 510 g/mol. The van der Waals surface area contributed by atoms with E-state index in [1.807, 2.05) is 18.4 Å². The van der Waals surface area contributed by atoms with Crippen molar-refractivity contribution in [1.29, 1.82) is 0 Å². The average molecular weight is 511 g/mol. The maximum Gasteiger partial charge on any atom is 0.261 e. The van der Waals surface area contributed by atoms with Gasteiger partial charge in [0.15, 0.2) is 23.5 Å². The van der Waals surface area contributed by atoms with E-state index in [9.17, 15) is 9.59 Å². The number of nitrogen functional groups attached to an aromatic ring is 1. The molecule has 188 valence electrons. The lowest BCUT2D eigenvalue weighted by Crippen LogP contribution is -2.32. The number of anilines is 1. The fourth-order valence-corrected chi connectivity index (χ4v) is 6.04. The first-order valence-corrected chi connectivity index (χ1v) is 13.0. The van der Waals surface area contributed by atoms with Gasteiger partial charge in [-0.25, -0.2) is 15.0 Å². The molecule has 11 nitrogen and oxygen atoms in total. The van der Waals surface area contributed by atoms with Gasteiger partial charge in [0.25, 0.3) is 11.8 Å². The molecule has 0 aliphatic carbocycles. The van der Waals surface area contributed by atoms with E-state index >= 15 is 0 Å². The van der Waals surface area contributed by atoms with Crippen LogP contribution in [0, 0.1) is 0 Å². The molecule has 1 aromatic carbocycles. The van der Waals surface area contributed by atoms with Gasteiger partial charge in [0, 0.05) is 12.3 Å². The minimum Gasteiger partial charge on any atom is -0.382 e. The van der Waals surface area contributed by atoms with E-state index in [4.69, 9.17) is 19.9 Å². The predicted molar refractivity (Wildman–Crippen MR) is 131 cm³/mol. The lowest BCUT2D eigenvalue weighted by molar-refractivity contribution is -0.193. The van der Waals surface area contributed by atoms with E-state index in [2.05, 4.69) is 15.0 Å². The summed E-state index contributed by atoms with van der Waals surface area (Å²) >= 11 is 1.69. The highest BCUT2D eigenvalue weighted by molar-refractivity contribution is 7.99. The third-order valence-electron chi connectivity index (χ3n) is 6.62. The minimum absolute atomic E-state index is 0.220. The quantitative estimate of drug-likeness (QED) is 0.372. The van der Waals surface area contributed by atoms with Gasteiger partial charge in [-0.15, -0.1) is 0 Å². The Morgan fingerprint density at radius 1 is 1.06 bits per heavy atom. The summed E-state index contributed by atoms with van der Waals surface area (Å²) in [5.41, 5.74) is 8.00. The van der Waals surface area contributed by atoms with Crippen molar-refractivity contribution < 1.29 is 23.8 Å². The molecule has 6 rings (SSSR count). The van der Waals surface area contributed by atoms with Crippen LogP contribution in [-0.4, -0.2) is 78.4 Å². The van der Waals surface area contributed by atoms with E-state index in [1.165, 1.54) is 11.2 Å². The zero-order valence-electron chi connectivity index (χ0n) is 19.9. The van der Waals surface area contributed by atoms with Crippen LogP contribution in [0.5, 0.6) is 0 Å². The van der Waals surface area contributed by atoms with Gasteiger partial charge in [-0.3, -0.25) is 19.1 Å². The number of rotatable bonds is 7. The van der Waals surface area contributed by atoms with Crippen molar-refractivity contribution >= 4 is 40.6 Å². The Kier molecular flexibility index (Phi) is 5.71. The van der Waals surface area contributed by atoms with Crippen LogP contribution in [0.15, 0.2) is 36.9 Å². The molecule has 3 aliphatic rings. The number of imidazole rings is 1. The second-order valence-electron chi connectivity index (χ2n) is 9.45. The summed E-state index contributed by atoms with van der Waals surface area (Å²) < 4.78 is 20.6. The SMILES string of the molecule is CC1(C)O[C@@H]2[C@@H](O1)[C@@H](CSCCCN1C(=O)c3ccccc3C1=O)O[C@H]2n1cnc2c(N)ncnc21. The topological polar surface area (TPSA) is 135 Å². The zero-order chi connectivity index (χ0) is 25.0. The van der Waals surface area contributed by atoms with Gasteiger partial charge in [-0.1, -0.05) is 12.1 Å². The summed E-state index contributed by atoms with van der Waals surface area (Å²) in [6.07, 6.45) is 2.44. The standard InChI is InChI=1S/C24H26N6O5S/c1-24(2)34-17-15(10-36-9-5-8-29-21(31)13-6-3-4-7-14(13)22(29)32)33-23(18(17)35-24)30-12-28-16-19(25)26-11-27-20(16)30/h3-4,6-7,11-12,15,17-18,23H,5,8-10H2,1-2H3,(H2,25,26,27)/t15-,17+,18-,23-/m1/s1. The number of thioether (sulfide) groups is 1.